The zero-order valence-electron chi connectivity index (χ0n) is 12.2. The zero-order chi connectivity index (χ0) is 12.9. The predicted molar refractivity (Wildman–Crippen MR) is 74.1 cm³/mol. The molecule has 0 atom stereocenters. The third kappa shape index (κ3) is 4.26. The van der Waals surface area contributed by atoms with Crippen molar-refractivity contribution in [2.45, 2.75) is 71.3 Å². The lowest BCUT2D eigenvalue weighted by Gasteiger charge is -2.41. The minimum atomic E-state index is 0.00374. The van der Waals surface area contributed by atoms with E-state index in [0.717, 1.165) is 18.9 Å². The predicted octanol–water partition coefficient (Wildman–Crippen LogP) is 3.74. The summed E-state index contributed by atoms with van der Waals surface area (Å²) in [5, 5.41) is 0. The van der Waals surface area contributed by atoms with Gasteiger partial charge in [0.05, 0.1) is 5.60 Å². The summed E-state index contributed by atoms with van der Waals surface area (Å²) in [5.74, 6) is 0.949. The number of rotatable bonds is 6. The minimum absolute atomic E-state index is 0.00374. The van der Waals surface area contributed by atoms with Gasteiger partial charge in [-0.2, -0.15) is 0 Å². The molecule has 0 heterocycles. The Morgan fingerprint density at radius 3 is 2.29 bits per heavy atom. The van der Waals surface area contributed by atoms with Gasteiger partial charge in [-0.15, -0.1) is 0 Å². The fourth-order valence-electron chi connectivity index (χ4n) is 2.92. The first-order chi connectivity index (χ1) is 7.97. The van der Waals surface area contributed by atoms with Gasteiger partial charge in [0.15, 0.2) is 0 Å². The van der Waals surface area contributed by atoms with Crippen molar-refractivity contribution < 1.29 is 4.74 Å². The van der Waals surface area contributed by atoms with Crippen molar-refractivity contribution >= 4 is 0 Å². The molecule has 2 N–H and O–H groups in total. The molecule has 0 amide bonds. The van der Waals surface area contributed by atoms with Crippen molar-refractivity contribution in [1.82, 2.24) is 0 Å². The Balaban J connectivity index is 2.48. The summed E-state index contributed by atoms with van der Waals surface area (Å²) in [7, 11) is 1.81. The Hall–Kier alpha value is -0.0800. The summed E-state index contributed by atoms with van der Waals surface area (Å²) in [5.41, 5.74) is 6.46. The van der Waals surface area contributed by atoms with Crippen LogP contribution in [0.2, 0.25) is 0 Å². The molecule has 2 heteroatoms. The maximum Gasteiger partial charge on any atom is 0.0623 e. The smallest absolute Gasteiger partial charge is 0.0623 e. The number of hydrogen-bond acceptors (Lipinski definition) is 2. The van der Waals surface area contributed by atoms with E-state index in [4.69, 9.17) is 10.5 Å². The van der Waals surface area contributed by atoms with Gasteiger partial charge in [0.1, 0.15) is 0 Å². The summed E-state index contributed by atoms with van der Waals surface area (Å²) in [6, 6.07) is 0. The molecule has 0 aliphatic heterocycles. The highest BCUT2D eigenvalue weighted by Crippen LogP contribution is 2.43. The van der Waals surface area contributed by atoms with Gasteiger partial charge in [-0.3, -0.25) is 0 Å². The second-order valence-electron chi connectivity index (χ2n) is 6.52. The number of methoxy groups -OCH3 is 1. The average molecular weight is 241 g/mol. The Kier molecular flexibility index (Phi) is 5.46. The Bertz CT molecular complexity index is 217. The zero-order valence-corrected chi connectivity index (χ0v) is 12.2. The van der Waals surface area contributed by atoms with Crippen LogP contribution in [-0.4, -0.2) is 19.3 Å². The first-order valence-corrected chi connectivity index (χ1v) is 7.22. The molecule has 0 aromatic rings. The van der Waals surface area contributed by atoms with Gasteiger partial charge in [0.2, 0.25) is 0 Å². The molecule has 1 aliphatic carbocycles. The fraction of sp³-hybridized carbons (Fsp3) is 1.00. The lowest BCUT2D eigenvalue weighted by molar-refractivity contribution is -0.00176. The molecule has 0 bridgehead atoms. The molecule has 1 saturated carbocycles. The Labute approximate surface area is 107 Å². The van der Waals surface area contributed by atoms with Crippen LogP contribution in [0.4, 0.5) is 0 Å². The molecule has 0 aromatic heterocycles. The van der Waals surface area contributed by atoms with Crippen LogP contribution in [0.5, 0.6) is 0 Å². The van der Waals surface area contributed by atoms with Gasteiger partial charge in [0, 0.05) is 7.11 Å². The second kappa shape index (κ2) is 6.19. The third-order valence-corrected chi connectivity index (χ3v) is 4.99. The van der Waals surface area contributed by atoms with Crippen LogP contribution < -0.4 is 5.73 Å². The number of nitrogens with two attached hydrogens (primary N) is 1. The molecule has 2 nitrogen and oxygen atoms in total. The van der Waals surface area contributed by atoms with E-state index in [1.165, 1.54) is 38.5 Å². The van der Waals surface area contributed by atoms with E-state index >= 15 is 0 Å². The van der Waals surface area contributed by atoms with Gasteiger partial charge in [-0.25, -0.2) is 0 Å². The van der Waals surface area contributed by atoms with Gasteiger partial charge < -0.3 is 10.5 Å². The van der Waals surface area contributed by atoms with E-state index in [1.807, 2.05) is 7.11 Å². The Morgan fingerprint density at radius 2 is 1.88 bits per heavy atom. The van der Waals surface area contributed by atoms with E-state index in [-0.39, 0.29) is 5.60 Å². The maximum atomic E-state index is 6.06. The minimum Gasteiger partial charge on any atom is -0.379 e. The molecular weight excluding hydrogens is 210 g/mol. The third-order valence-electron chi connectivity index (χ3n) is 4.99. The van der Waals surface area contributed by atoms with Crippen LogP contribution in [0, 0.1) is 11.3 Å². The standard InChI is InChI=1S/C15H31NO/c1-5-13-6-8-15(12-16,9-7-13)11-10-14(2,3)17-4/h13H,5-12,16H2,1-4H3. The van der Waals surface area contributed by atoms with E-state index in [1.54, 1.807) is 0 Å². The van der Waals surface area contributed by atoms with Crippen LogP contribution in [0.25, 0.3) is 0 Å². The van der Waals surface area contributed by atoms with Crippen LogP contribution >= 0.6 is 0 Å². The number of hydrogen-bond donors (Lipinski definition) is 1. The molecular formula is C15H31NO. The highest BCUT2D eigenvalue weighted by Gasteiger charge is 2.35. The Morgan fingerprint density at radius 1 is 1.29 bits per heavy atom. The van der Waals surface area contributed by atoms with Gasteiger partial charge >= 0.3 is 0 Å². The molecule has 0 radical (unpaired) electrons. The van der Waals surface area contributed by atoms with Crippen molar-refractivity contribution in [3.8, 4) is 0 Å². The molecule has 1 fully saturated rings. The molecule has 1 rings (SSSR count). The lowest BCUT2D eigenvalue weighted by Crippen LogP contribution is -2.37. The quantitative estimate of drug-likeness (QED) is 0.769. The fourth-order valence-corrected chi connectivity index (χ4v) is 2.92. The van der Waals surface area contributed by atoms with Gasteiger partial charge in [-0.1, -0.05) is 13.3 Å². The lowest BCUT2D eigenvalue weighted by atomic mass is 9.67. The first kappa shape index (κ1) is 15.0. The maximum absolute atomic E-state index is 6.06. The summed E-state index contributed by atoms with van der Waals surface area (Å²) in [6.45, 7) is 7.52. The molecule has 17 heavy (non-hydrogen) atoms. The SMILES string of the molecule is CCC1CCC(CN)(CCC(C)(C)OC)CC1. The molecule has 0 aromatic carbocycles. The first-order valence-electron chi connectivity index (χ1n) is 7.22. The summed E-state index contributed by atoms with van der Waals surface area (Å²) in [6.07, 6.45) is 9.08. The van der Waals surface area contributed by atoms with E-state index in [9.17, 15) is 0 Å². The van der Waals surface area contributed by atoms with Crippen LogP contribution in [-0.2, 0) is 4.74 Å². The van der Waals surface area contributed by atoms with E-state index in [2.05, 4.69) is 20.8 Å². The summed E-state index contributed by atoms with van der Waals surface area (Å²) >= 11 is 0. The number of ether oxygens (including phenoxy) is 1. The topological polar surface area (TPSA) is 35.2 Å². The van der Waals surface area contributed by atoms with Crippen LogP contribution in [0.3, 0.4) is 0 Å². The van der Waals surface area contributed by atoms with Crippen LogP contribution in [0.1, 0.15) is 65.7 Å². The van der Waals surface area contributed by atoms with E-state index < -0.39 is 0 Å². The van der Waals surface area contributed by atoms with Crippen molar-refractivity contribution in [3.05, 3.63) is 0 Å². The molecule has 0 unspecified atom stereocenters. The summed E-state index contributed by atoms with van der Waals surface area (Å²) in [4.78, 5) is 0. The van der Waals surface area contributed by atoms with E-state index in [0.29, 0.717) is 5.41 Å². The molecule has 1 aliphatic rings. The van der Waals surface area contributed by atoms with Crippen molar-refractivity contribution in [2.75, 3.05) is 13.7 Å². The van der Waals surface area contributed by atoms with Gasteiger partial charge in [-0.05, 0) is 70.3 Å². The van der Waals surface area contributed by atoms with Gasteiger partial charge in [0.25, 0.3) is 0 Å². The molecule has 0 spiro atoms. The van der Waals surface area contributed by atoms with Crippen molar-refractivity contribution in [1.29, 1.82) is 0 Å². The molecule has 102 valence electrons. The van der Waals surface area contributed by atoms with Crippen molar-refractivity contribution in [2.24, 2.45) is 17.1 Å². The van der Waals surface area contributed by atoms with Crippen molar-refractivity contribution in [3.63, 3.8) is 0 Å². The largest absolute Gasteiger partial charge is 0.379 e. The monoisotopic (exact) mass is 241 g/mol. The molecule has 0 saturated heterocycles. The summed E-state index contributed by atoms with van der Waals surface area (Å²) < 4.78 is 5.52. The normalized spacial score (nSPS) is 30.5. The highest BCUT2D eigenvalue weighted by atomic mass is 16.5. The highest BCUT2D eigenvalue weighted by molar-refractivity contribution is 4.88. The van der Waals surface area contributed by atoms with Crippen LogP contribution in [0.15, 0.2) is 0 Å². The average Bonchev–Trinajstić information content (AvgIpc) is 2.37. The second-order valence-corrected chi connectivity index (χ2v) is 6.52.